The second-order valence-corrected chi connectivity index (χ2v) is 4.97. The van der Waals surface area contributed by atoms with Crippen molar-refractivity contribution in [3.8, 4) is 0 Å². The summed E-state index contributed by atoms with van der Waals surface area (Å²) in [5.74, 6) is 0.0524. The number of nitrogens with zero attached hydrogens (tertiary/aromatic N) is 1. The lowest BCUT2D eigenvalue weighted by Gasteiger charge is -2.21. The van der Waals surface area contributed by atoms with Crippen LogP contribution in [-0.4, -0.2) is 12.5 Å². The highest BCUT2D eigenvalue weighted by Crippen LogP contribution is 2.21. The summed E-state index contributed by atoms with van der Waals surface area (Å²) in [5.41, 5.74) is 7.27. The van der Waals surface area contributed by atoms with Crippen LogP contribution in [0.4, 0.5) is 11.4 Å². The predicted octanol–water partition coefficient (Wildman–Crippen LogP) is 3.39. The first-order valence-corrected chi connectivity index (χ1v) is 6.81. The first kappa shape index (κ1) is 12.6. The molecule has 2 N–H and O–H groups in total. The number of nitrogen functional groups attached to an aromatic ring is 1. The Morgan fingerprint density at radius 2 is 2.00 bits per heavy atom. The smallest absolute Gasteiger partial charge is 0.268 e. The van der Waals surface area contributed by atoms with E-state index in [1.54, 1.807) is 4.90 Å². The molecule has 0 aliphatic rings. The summed E-state index contributed by atoms with van der Waals surface area (Å²) in [7, 11) is 0. The standard InChI is InChI=1S/C14H16N2OS/c1-2-9-16(12-7-5-11(15)6-8-12)14(17)13-4-3-10-18-13/h3-8,10H,2,9,15H2,1H3. The highest BCUT2D eigenvalue weighted by molar-refractivity contribution is 7.12. The average Bonchev–Trinajstić information content (AvgIpc) is 2.90. The number of hydrogen-bond donors (Lipinski definition) is 1. The zero-order chi connectivity index (χ0) is 13.0. The van der Waals surface area contributed by atoms with Crippen LogP contribution in [0.3, 0.4) is 0 Å². The first-order valence-electron chi connectivity index (χ1n) is 5.93. The number of thiophene rings is 1. The molecule has 0 atom stereocenters. The topological polar surface area (TPSA) is 46.3 Å². The van der Waals surface area contributed by atoms with Gasteiger partial charge in [-0.05, 0) is 42.1 Å². The predicted molar refractivity (Wildman–Crippen MR) is 77.1 cm³/mol. The molecule has 1 aromatic carbocycles. The molecule has 0 spiro atoms. The van der Waals surface area contributed by atoms with Crippen LogP contribution in [0.2, 0.25) is 0 Å². The summed E-state index contributed by atoms with van der Waals surface area (Å²) < 4.78 is 0. The Kier molecular flexibility index (Phi) is 3.99. The Labute approximate surface area is 111 Å². The molecule has 3 nitrogen and oxygen atoms in total. The molecular weight excluding hydrogens is 244 g/mol. The van der Waals surface area contributed by atoms with E-state index in [2.05, 4.69) is 6.92 Å². The summed E-state index contributed by atoms with van der Waals surface area (Å²) >= 11 is 1.47. The lowest BCUT2D eigenvalue weighted by molar-refractivity contribution is 0.0991. The summed E-state index contributed by atoms with van der Waals surface area (Å²) in [4.78, 5) is 14.9. The highest BCUT2D eigenvalue weighted by Gasteiger charge is 2.17. The third-order valence-corrected chi connectivity index (χ3v) is 3.49. The fourth-order valence-corrected chi connectivity index (χ4v) is 2.43. The van der Waals surface area contributed by atoms with Gasteiger partial charge in [0.2, 0.25) is 0 Å². The van der Waals surface area contributed by atoms with Gasteiger partial charge in [0.05, 0.1) is 4.88 Å². The normalized spacial score (nSPS) is 10.3. The Morgan fingerprint density at radius 3 is 2.56 bits per heavy atom. The molecule has 0 radical (unpaired) electrons. The molecule has 0 saturated carbocycles. The molecule has 1 aromatic heterocycles. The minimum Gasteiger partial charge on any atom is -0.399 e. The Bertz CT molecular complexity index is 505. The SMILES string of the molecule is CCCN(C(=O)c1cccs1)c1ccc(N)cc1. The molecule has 4 heteroatoms. The molecule has 0 fully saturated rings. The number of benzene rings is 1. The maximum absolute atomic E-state index is 12.4. The van der Waals surface area contributed by atoms with Crippen LogP contribution >= 0.6 is 11.3 Å². The lowest BCUT2D eigenvalue weighted by Crippen LogP contribution is -2.31. The van der Waals surface area contributed by atoms with Crippen LogP contribution in [0.25, 0.3) is 0 Å². The quantitative estimate of drug-likeness (QED) is 0.856. The Balaban J connectivity index is 2.28. The second kappa shape index (κ2) is 5.69. The van der Waals surface area contributed by atoms with E-state index >= 15 is 0 Å². The van der Waals surface area contributed by atoms with Crippen molar-refractivity contribution in [3.63, 3.8) is 0 Å². The van der Waals surface area contributed by atoms with Gasteiger partial charge in [-0.2, -0.15) is 0 Å². The van der Waals surface area contributed by atoms with Crippen molar-refractivity contribution in [3.05, 3.63) is 46.7 Å². The van der Waals surface area contributed by atoms with E-state index in [4.69, 9.17) is 5.73 Å². The van der Waals surface area contributed by atoms with E-state index in [1.807, 2.05) is 41.8 Å². The molecule has 1 amide bonds. The fourth-order valence-electron chi connectivity index (χ4n) is 1.76. The van der Waals surface area contributed by atoms with E-state index in [0.717, 1.165) is 17.0 Å². The van der Waals surface area contributed by atoms with Gasteiger partial charge in [-0.15, -0.1) is 11.3 Å². The van der Waals surface area contributed by atoms with E-state index in [-0.39, 0.29) is 5.91 Å². The van der Waals surface area contributed by atoms with Crippen molar-refractivity contribution in [1.82, 2.24) is 0 Å². The number of carbonyl (C=O) groups excluding carboxylic acids is 1. The summed E-state index contributed by atoms with van der Waals surface area (Å²) in [5, 5.41) is 1.92. The summed E-state index contributed by atoms with van der Waals surface area (Å²) in [6.45, 7) is 2.77. The van der Waals surface area contributed by atoms with Gasteiger partial charge in [-0.25, -0.2) is 0 Å². The molecule has 2 rings (SSSR count). The molecular formula is C14H16N2OS. The number of hydrogen-bond acceptors (Lipinski definition) is 3. The van der Waals surface area contributed by atoms with Crippen LogP contribution in [0.5, 0.6) is 0 Å². The van der Waals surface area contributed by atoms with Crippen molar-refractivity contribution in [2.75, 3.05) is 17.2 Å². The lowest BCUT2D eigenvalue weighted by atomic mass is 10.2. The second-order valence-electron chi connectivity index (χ2n) is 4.03. The maximum atomic E-state index is 12.4. The molecule has 0 unspecified atom stereocenters. The van der Waals surface area contributed by atoms with Crippen LogP contribution in [0.15, 0.2) is 41.8 Å². The number of carbonyl (C=O) groups is 1. The molecule has 0 aliphatic heterocycles. The molecule has 1 heterocycles. The van der Waals surface area contributed by atoms with Gasteiger partial charge >= 0.3 is 0 Å². The maximum Gasteiger partial charge on any atom is 0.268 e. The number of rotatable bonds is 4. The van der Waals surface area contributed by atoms with Gasteiger partial charge in [0.15, 0.2) is 0 Å². The minimum absolute atomic E-state index is 0.0524. The molecule has 0 bridgehead atoms. The fraction of sp³-hybridized carbons (Fsp3) is 0.214. The highest BCUT2D eigenvalue weighted by atomic mass is 32.1. The van der Waals surface area contributed by atoms with Crippen LogP contribution in [0, 0.1) is 0 Å². The molecule has 94 valence electrons. The van der Waals surface area contributed by atoms with Gasteiger partial charge < -0.3 is 10.6 Å². The Hall–Kier alpha value is -1.81. The monoisotopic (exact) mass is 260 g/mol. The third-order valence-electron chi connectivity index (χ3n) is 2.63. The van der Waals surface area contributed by atoms with Crippen LogP contribution in [-0.2, 0) is 0 Å². The number of amides is 1. The van der Waals surface area contributed by atoms with Gasteiger partial charge in [0, 0.05) is 17.9 Å². The van der Waals surface area contributed by atoms with E-state index < -0.39 is 0 Å². The average molecular weight is 260 g/mol. The van der Waals surface area contributed by atoms with E-state index in [0.29, 0.717) is 12.2 Å². The van der Waals surface area contributed by atoms with E-state index in [9.17, 15) is 4.79 Å². The van der Waals surface area contributed by atoms with Crippen LogP contribution in [0.1, 0.15) is 23.0 Å². The molecule has 2 aromatic rings. The van der Waals surface area contributed by atoms with Crippen molar-refractivity contribution in [2.24, 2.45) is 0 Å². The number of nitrogens with two attached hydrogens (primary N) is 1. The number of anilines is 2. The van der Waals surface area contributed by atoms with Crippen molar-refractivity contribution < 1.29 is 4.79 Å². The molecule has 18 heavy (non-hydrogen) atoms. The van der Waals surface area contributed by atoms with Gasteiger partial charge in [0.1, 0.15) is 0 Å². The summed E-state index contributed by atoms with van der Waals surface area (Å²) in [6, 6.07) is 11.2. The molecule has 0 saturated heterocycles. The zero-order valence-electron chi connectivity index (χ0n) is 10.3. The van der Waals surface area contributed by atoms with E-state index in [1.165, 1.54) is 11.3 Å². The first-order chi connectivity index (χ1) is 8.72. The van der Waals surface area contributed by atoms with Gasteiger partial charge in [-0.3, -0.25) is 4.79 Å². The van der Waals surface area contributed by atoms with Gasteiger partial charge in [0.25, 0.3) is 5.91 Å². The van der Waals surface area contributed by atoms with Crippen LogP contribution < -0.4 is 10.6 Å². The van der Waals surface area contributed by atoms with Crippen molar-refractivity contribution in [2.45, 2.75) is 13.3 Å². The molecule has 0 aliphatic carbocycles. The largest absolute Gasteiger partial charge is 0.399 e. The summed E-state index contributed by atoms with van der Waals surface area (Å²) in [6.07, 6.45) is 0.918. The zero-order valence-corrected chi connectivity index (χ0v) is 11.1. The Morgan fingerprint density at radius 1 is 1.28 bits per heavy atom. The third kappa shape index (κ3) is 2.71. The van der Waals surface area contributed by atoms with Crippen molar-refractivity contribution in [1.29, 1.82) is 0 Å². The minimum atomic E-state index is 0.0524. The van der Waals surface area contributed by atoms with Gasteiger partial charge in [-0.1, -0.05) is 13.0 Å². The van der Waals surface area contributed by atoms with Crippen molar-refractivity contribution >= 4 is 28.6 Å².